The van der Waals surface area contributed by atoms with Crippen molar-refractivity contribution in [3.8, 4) is 0 Å². The van der Waals surface area contributed by atoms with Crippen LogP contribution in [0.5, 0.6) is 0 Å². The quantitative estimate of drug-likeness (QED) is 0.792. The standard InChI is InChI=1S/C11H12F3NO2S/c12-11(13,14)9-3-5-10(6-4-9)15-7-1-2-8-18(15,16)17/h3-6H,1-2,7-8H2. The first-order valence-corrected chi connectivity index (χ1v) is 7.09. The predicted octanol–water partition coefficient (Wildman–Crippen LogP) is 2.64. The van der Waals surface area contributed by atoms with Gasteiger partial charge in [-0.3, -0.25) is 4.31 Å². The Hall–Kier alpha value is -1.24. The highest BCUT2D eigenvalue weighted by Crippen LogP contribution is 2.31. The third kappa shape index (κ3) is 2.60. The van der Waals surface area contributed by atoms with Crippen molar-refractivity contribution in [3.63, 3.8) is 0 Å². The first-order chi connectivity index (χ1) is 8.31. The minimum Gasteiger partial charge on any atom is -0.270 e. The second kappa shape index (κ2) is 4.46. The molecule has 100 valence electrons. The molecule has 3 nitrogen and oxygen atoms in total. The van der Waals surface area contributed by atoms with E-state index in [1.54, 1.807) is 0 Å². The van der Waals surface area contributed by atoms with Gasteiger partial charge in [0.2, 0.25) is 10.0 Å². The fourth-order valence-electron chi connectivity index (χ4n) is 1.90. The van der Waals surface area contributed by atoms with Gasteiger partial charge in [0.1, 0.15) is 0 Å². The van der Waals surface area contributed by atoms with E-state index in [4.69, 9.17) is 0 Å². The molecule has 2 rings (SSSR count). The van der Waals surface area contributed by atoms with E-state index in [-0.39, 0.29) is 5.75 Å². The molecule has 0 aromatic heterocycles. The number of hydrogen-bond donors (Lipinski definition) is 0. The molecule has 1 saturated heterocycles. The van der Waals surface area contributed by atoms with Crippen LogP contribution in [0.4, 0.5) is 18.9 Å². The van der Waals surface area contributed by atoms with E-state index in [1.165, 1.54) is 16.4 Å². The second-order valence-electron chi connectivity index (χ2n) is 4.14. The van der Waals surface area contributed by atoms with Crippen molar-refractivity contribution in [2.75, 3.05) is 16.6 Å². The zero-order valence-electron chi connectivity index (χ0n) is 9.44. The predicted molar refractivity (Wildman–Crippen MR) is 61.8 cm³/mol. The number of hydrogen-bond acceptors (Lipinski definition) is 2. The smallest absolute Gasteiger partial charge is 0.270 e. The molecule has 1 aliphatic heterocycles. The van der Waals surface area contributed by atoms with Gasteiger partial charge >= 0.3 is 6.18 Å². The van der Waals surface area contributed by atoms with E-state index < -0.39 is 21.8 Å². The Labute approximate surface area is 103 Å². The summed E-state index contributed by atoms with van der Waals surface area (Å²) in [6.45, 7) is 0.327. The van der Waals surface area contributed by atoms with Crippen LogP contribution < -0.4 is 4.31 Å². The van der Waals surface area contributed by atoms with E-state index in [9.17, 15) is 21.6 Å². The summed E-state index contributed by atoms with van der Waals surface area (Å²) in [4.78, 5) is 0. The van der Waals surface area contributed by atoms with E-state index >= 15 is 0 Å². The van der Waals surface area contributed by atoms with Crippen molar-refractivity contribution in [1.82, 2.24) is 0 Å². The molecular formula is C11H12F3NO2S. The molecule has 0 aliphatic carbocycles. The molecule has 0 radical (unpaired) electrons. The Kier molecular flexibility index (Phi) is 3.27. The summed E-state index contributed by atoms with van der Waals surface area (Å²) in [6.07, 6.45) is -3.08. The normalized spacial score (nSPS) is 19.8. The van der Waals surface area contributed by atoms with Gasteiger partial charge in [-0.05, 0) is 37.1 Å². The van der Waals surface area contributed by atoms with Crippen molar-refractivity contribution in [2.24, 2.45) is 0 Å². The molecule has 1 heterocycles. The third-order valence-electron chi connectivity index (χ3n) is 2.83. The fourth-order valence-corrected chi connectivity index (χ4v) is 3.54. The Bertz CT molecular complexity index is 522. The maximum absolute atomic E-state index is 12.4. The lowest BCUT2D eigenvalue weighted by atomic mass is 10.2. The van der Waals surface area contributed by atoms with Crippen LogP contribution in [-0.2, 0) is 16.2 Å². The van der Waals surface area contributed by atoms with Gasteiger partial charge < -0.3 is 0 Å². The Morgan fingerprint density at radius 2 is 1.67 bits per heavy atom. The topological polar surface area (TPSA) is 37.4 Å². The van der Waals surface area contributed by atoms with Crippen LogP contribution in [-0.4, -0.2) is 20.7 Å². The summed E-state index contributed by atoms with van der Waals surface area (Å²) >= 11 is 0. The Balaban J connectivity index is 2.29. The first kappa shape index (κ1) is 13.2. The van der Waals surface area contributed by atoms with Crippen LogP contribution in [0.25, 0.3) is 0 Å². The number of benzene rings is 1. The van der Waals surface area contributed by atoms with Crippen LogP contribution in [0.3, 0.4) is 0 Å². The lowest BCUT2D eigenvalue weighted by Gasteiger charge is -2.28. The number of alkyl halides is 3. The number of nitrogens with zero attached hydrogens (tertiary/aromatic N) is 1. The molecule has 1 aromatic rings. The highest BCUT2D eigenvalue weighted by Gasteiger charge is 2.31. The number of sulfonamides is 1. The first-order valence-electron chi connectivity index (χ1n) is 5.48. The van der Waals surface area contributed by atoms with Crippen molar-refractivity contribution < 1.29 is 21.6 Å². The van der Waals surface area contributed by atoms with Gasteiger partial charge in [0.05, 0.1) is 17.0 Å². The van der Waals surface area contributed by atoms with Crippen molar-refractivity contribution >= 4 is 15.7 Å². The molecule has 18 heavy (non-hydrogen) atoms. The molecule has 0 N–H and O–H groups in total. The average molecular weight is 279 g/mol. The monoisotopic (exact) mass is 279 g/mol. The van der Waals surface area contributed by atoms with Gasteiger partial charge in [-0.2, -0.15) is 13.2 Å². The molecule has 7 heteroatoms. The maximum atomic E-state index is 12.4. The molecule has 0 amide bonds. The van der Waals surface area contributed by atoms with Crippen molar-refractivity contribution in [3.05, 3.63) is 29.8 Å². The molecule has 0 bridgehead atoms. The summed E-state index contributed by atoms with van der Waals surface area (Å²) in [5.41, 5.74) is -0.483. The van der Waals surface area contributed by atoms with Gasteiger partial charge in [0.25, 0.3) is 0 Å². The molecule has 0 unspecified atom stereocenters. The number of anilines is 1. The zero-order chi connectivity index (χ0) is 13.4. The van der Waals surface area contributed by atoms with Crippen LogP contribution >= 0.6 is 0 Å². The Morgan fingerprint density at radius 3 is 2.17 bits per heavy atom. The van der Waals surface area contributed by atoms with E-state index in [1.807, 2.05) is 0 Å². The van der Waals surface area contributed by atoms with Gasteiger partial charge in [0.15, 0.2) is 0 Å². The fraction of sp³-hybridized carbons (Fsp3) is 0.455. The van der Waals surface area contributed by atoms with Crippen LogP contribution in [0.1, 0.15) is 18.4 Å². The molecular weight excluding hydrogens is 267 g/mol. The lowest BCUT2D eigenvalue weighted by molar-refractivity contribution is -0.137. The average Bonchev–Trinajstić information content (AvgIpc) is 2.27. The van der Waals surface area contributed by atoms with Crippen molar-refractivity contribution in [2.45, 2.75) is 19.0 Å². The number of rotatable bonds is 1. The molecule has 0 saturated carbocycles. The van der Waals surface area contributed by atoms with Gasteiger partial charge in [-0.15, -0.1) is 0 Å². The van der Waals surface area contributed by atoms with E-state index in [0.29, 0.717) is 18.7 Å². The van der Waals surface area contributed by atoms with Gasteiger partial charge in [-0.1, -0.05) is 0 Å². The highest BCUT2D eigenvalue weighted by molar-refractivity contribution is 7.92. The minimum atomic E-state index is -4.40. The van der Waals surface area contributed by atoms with E-state index in [0.717, 1.165) is 18.6 Å². The van der Waals surface area contributed by atoms with Crippen molar-refractivity contribution in [1.29, 1.82) is 0 Å². The number of halogens is 3. The van der Waals surface area contributed by atoms with Gasteiger partial charge in [0, 0.05) is 6.54 Å². The molecule has 0 atom stereocenters. The summed E-state index contributed by atoms with van der Waals surface area (Å²) in [7, 11) is -3.37. The van der Waals surface area contributed by atoms with Crippen LogP contribution in [0.2, 0.25) is 0 Å². The molecule has 0 spiro atoms. The zero-order valence-corrected chi connectivity index (χ0v) is 10.3. The highest BCUT2D eigenvalue weighted by atomic mass is 32.2. The molecule has 1 fully saturated rings. The largest absolute Gasteiger partial charge is 0.416 e. The SMILES string of the molecule is O=S1(=O)CCCCN1c1ccc(C(F)(F)F)cc1. The lowest BCUT2D eigenvalue weighted by Crippen LogP contribution is -2.37. The van der Waals surface area contributed by atoms with Gasteiger partial charge in [-0.25, -0.2) is 8.42 Å². The Morgan fingerprint density at radius 1 is 1.06 bits per heavy atom. The summed E-state index contributed by atoms with van der Waals surface area (Å²) in [5.74, 6) is 0.0496. The summed E-state index contributed by atoms with van der Waals surface area (Å²) < 4.78 is 61.9. The minimum absolute atomic E-state index is 0.0496. The molecule has 1 aromatic carbocycles. The summed E-state index contributed by atoms with van der Waals surface area (Å²) in [6, 6.07) is 4.20. The van der Waals surface area contributed by atoms with E-state index in [2.05, 4.69) is 0 Å². The second-order valence-corrected chi connectivity index (χ2v) is 6.15. The summed E-state index contributed by atoms with van der Waals surface area (Å²) in [5, 5.41) is 0. The van der Waals surface area contributed by atoms with Crippen LogP contribution in [0.15, 0.2) is 24.3 Å². The third-order valence-corrected chi connectivity index (χ3v) is 4.70. The van der Waals surface area contributed by atoms with Crippen LogP contribution in [0, 0.1) is 0 Å². The maximum Gasteiger partial charge on any atom is 0.416 e. The molecule has 1 aliphatic rings.